The maximum Gasteiger partial charge on any atom is 0.298 e. The van der Waals surface area contributed by atoms with Crippen molar-refractivity contribution in [2.24, 2.45) is 0 Å². The molecule has 3 aliphatic rings. The first-order valence-electron chi connectivity index (χ1n) is 11.0. The van der Waals surface area contributed by atoms with Crippen molar-refractivity contribution in [3.63, 3.8) is 0 Å². The van der Waals surface area contributed by atoms with Crippen molar-refractivity contribution in [1.82, 2.24) is 9.88 Å². The summed E-state index contributed by atoms with van der Waals surface area (Å²) in [7, 11) is 2.18. The molecule has 4 heterocycles. The summed E-state index contributed by atoms with van der Waals surface area (Å²) in [5.41, 5.74) is 4.15. The number of carbonyl (C=O) groups is 1. The fourth-order valence-electron chi connectivity index (χ4n) is 5.03. The van der Waals surface area contributed by atoms with Gasteiger partial charge >= 0.3 is 0 Å². The molecule has 160 valence electrons. The summed E-state index contributed by atoms with van der Waals surface area (Å²) in [5.74, 6) is 0.743. The fraction of sp³-hybridized carbons (Fsp3) is 0.417. The van der Waals surface area contributed by atoms with Gasteiger partial charge in [-0.3, -0.25) is 4.79 Å². The number of anilines is 2. The Kier molecular flexibility index (Phi) is 4.21. The monoisotopic (exact) mass is 418 g/mol. The summed E-state index contributed by atoms with van der Waals surface area (Å²) in [6.07, 6.45) is 4.34. The van der Waals surface area contributed by atoms with Gasteiger partial charge in [-0.15, -0.1) is 0 Å². The number of likely N-dealkylation sites (tertiary alicyclic amines) is 1. The van der Waals surface area contributed by atoms with Gasteiger partial charge in [-0.2, -0.15) is 4.98 Å². The number of oxazole rings is 1. The Morgan fingerprint density at radius 1 is 1.10 bits per heavy atom. The van der Waals surface area contributed by atoms with Crippen molar-refractivity contribution < 1.29 is 13.9 Å². The van der Waals surface area contributed by atoms with E-state index >= 15 is 0 Å². The predicted molar refractivity (Wildman–Crippen MR) is 119 cm³/mol. The summed E-state index contributed by atoms with van der Waals surface area (Å²) < 4.78 is 11.6. The van der Waals surface area contributed by atoms with Crippen molar-refractivity contribution in [2.45, 2.75) is 31.2 Å². The number of nitrogens with one attached hydrogen (secondary N) is 1. The summed E-state index contributed by atoms with van der Waals surface area (Å²) in [6.45, 7) is 3.90. The molecular weight excluding hydrogens is 392 g/mol. The lowest BCUT2D eigenvalue weighted by molar-refractivity contribution is 0.102. The largest absolute Gasteiger partial charge is 0.493 e. The van der Waals surface area contributed by atoms with Gasteiger partial charge in [0.1, 0.15) is 11.3 Å². The molecule has 2 fully saturated rings. The Balaban J connectivity index is 1.21. The van der Waals surface area contributed by atoms with Crippen LogP contribution in [0.3, 0.4) is 0 Å². The number of benzene rings is 2. The minimum Gasteiger partial charge on any atom is -0.493 e. The number of amides is 1. The standard InChI is InChI=1S/C24H26N4O3/c1-27-10-7-24(8-11-27)9-12-28(24)23-26-19-15-18(3-5-21(19)31-23)25-22(29)17-2-4-20-16(14-17)6-13-30-20/h2-5,14-15H,6-13H2,1H3,(H,25,29). The van der Waals surface area contributed by atoms with E-state index in [1.807, 2.05) is 30.3 Å². The number of fused-ring (bicyclic) bond motifs is 2. The molecule has 1 aromatic heterocycles. The van der Waals surface area contributed by atoms with Crippen LogP contribution in [0.5, 0.6) is 5.75 Å². The van der Waals surface area contributed by atoms with Gasteiger partial charge in [-0.1, -0.05) is 0 Å². The van der Waals surface area contributed by atoms with Crippen molar-refractivity contribution in [2.75, 3.05) is 43.5 Å². The normalized spacial score (nSPS) is 19.8. The first-order valence-corrected chi connectivity index (χ1v) is 11.0. The van der Waals surface area contributed by atoms with Gasteiger partial charge in [0.2, 0.25) is 0 Å². The SMILES string of the molecule is CN1CCC2(CC1)CCN2c1nc2cc(NC(=O)c3ccc4c(c3)CCO4)ccc2o1. The lowest BCUT2D eigenvalue weighted by atomic mass is 9.77. The molecule has 6 rings (SSSR count). The molecular formula is C24H26N4O3. The topological polar surface area (TPSA) is 70.8 Å². The quantitative estimate of drug-likeness (QED) is 0.700. The molecule has 1 N–H and O–H groups in total. The number of aromatic nitrogens is 1. The van der Waals surface area contributed by atoms with Crippen molar-refractivity contribution in [3.8, 4) is 5.75 Å². The predicted octanol–water partition coefficient (Wildman–Crippen LogP) is 3.69. The third-order valence-corrected chi connectivity index (χ3v) is 7.11. The van der Waals surface area contributed by atoms with E-state index in [2.05, 4.69) is 22.2 Å². The van der Waals surface area contributed by atoms with Gasteiger partial charge in [0, 0.05) is 42.8 Å². The average molecular weight is 418 g/mol. The summed E-state index contributed by atoms with van der Waals surface area (Å²) >= 11 is 0. The summed E-state index contributed by atoms with van der Waals surface area (Å²) in [4.78, 5) is 22.2. The molecule has 0 saturated carbocycles. The van der Waals surface area contributed by atoms with Crippen LogP contribution in [0, 0.1) is 0 Å². The summed E-state index contributed by atoms with van der Waals surface area (Å²) in [5, 5.41) is 2.99. The van der Waals surface area contributed by atoms with Crippen molar-refractivity contribution >= 4 is 28.7 Å². The Hall–Kier alpha value is -3.06. The lowest BCUT2D eigenvalue weighted by Crippen LogP contribution is -2.64. The molecule has 2 aromatic carbocycles. The number of piperidine rings is 1. The lowest BCUT2D eigenvalue weighted by Gasteiger charge is -2.55. The van der Waals surface area contributed by atoms with Crippen LogP contribution in [-0.2, 0) is 6.42 Å². The molecule has 3 aromatic rings. The highest BCUT2D eigenvalue weighted by Gasteiger charge is 2.48. The maximum atomic E-state index is 12.7. The highest BCUT2D eigenvalue weighted by molar-refractivity contribution is 6.05. The third kappa shape index (κ3) is 3.15. The minimum absolute atomic E-state index is 0.134. The van der Waals surface area contributed by atoms with Crippen LogP contribution >= 0.6 is 0 Å². The second-order valence-electron chi connectivity index (χ2n) is 8.98. The number of ether oxygens (including phenoxy) is 1. The molecule has 0 radical (unpaired) electrons. The number of hydrogen-bond acceptors (Lipinski definition) is 6. The van der Waals surface area contributed by atoms with E-state index in [1.165, 1.54) is 6.42 Å². The molecule has 0 bridgehead atoms. The molecule has 0 unspecified atom stereocenters. The van der Waals surface area contributed by atoms with Gasteiger partial charge in [0.05, 0.1) is 6.61 Å². The molecule has 3 aliphatic heterocycles. The van der Waals surface area contributed by atoms with Gasteiger partial charge < -0.3 is 24.3 Å². The van der Waals surface area contributed by atoms with Gasteiger partial charge in [-0.25, -0.2) is 0 Å². The van der Waals surface area contributed by atoms with E-state index in [-0.39, 0.29) is 11.4 Å². The second kappa shape index (κ2) is 6.99. The minimum atomic E-state index is -0.134. The Labute approximate surface area is 181 Å². The molecule has 31 heavy (non-hydrogen) atoms. The first-order chi connectivity index (χ1) is 15.1. The molecule has 2 saturated heterocycles. The zero-order valence-corrected chi connectivity index (χ0v) is 17.7. The van der Waals surface area contributed by atoms with Crippen LogP contribution in [0.4, 0.5) is 11.7 Å². The molecule has 1 amide bonds. The Morgan fingerprint density at radius 2 is 1.94 bits per heavy atom. The van der Waals surface area contributed by atoms with E-state index < -0.39 is 0 Å². The van der Waals surface area contributed by atoms with E-state index in [1.54, 1.807) is 6.07 Å². The van der Waals surface area contributed by atoms with Gasteiger partial charge in [-0.05, 0) is 68.3 Å². The Bertz CT molecular complexity index is 1160. The van der Waals surface area contributed by atoms with Crippen LogP contribution in [0.2, 0.25) is 0 Å². The van der Waals surface area contributed by atoms with E-state index in [4.69, 9.17) is 14.1 Å². The molecule has 1 spiro atoms. The van der Waals surface area contributed by atoms with Gasteiger partial charge in [0.25, 0.3) is 11.9 Å². The summed E-state index contributed by atoms with van der Waals surface area (Å²) in [6, 6.07) is 11.9. The number of carbonyl (C=O) groups excluding carboxylic acids is 1. The van der Waals surface area contributed by atoms with Crippen molar-refractivity contribution in [1.29, 1.82) is 0 Å². The third-order valence-electron chi connectivity index (χ3n) is 7.11. The zero-order chi connectivity index (χ0) is 21.0. The maximum absolute atomic E-state index is 12.7. The smallest absolute Gasteiger partial charge is 0.298 e. The van der Waals surface area contributed by atoms with Crippen LogP contribution in [-0.4, -0.2) is 54.6 Å². The highest BCUT2D eigenvalue weighted by atomic mass is 16.5. The number of nitrogens with zero attached hydrogens (tertiary/aromatic N) is 3. The highest BCUT2D eigenvalue weighted by Crippen LogP contribution is 2.43. The van der Waals surface area contributed by atoms with E-state index in [0.717, 1.165) is 61.3 Å². The number of hydrogen-bond donors (Lipinski definition) is 1. The van der Waals surface area contributed by atoms with E-state index in [0.29, 0.717) is 23.9 Å². The van der Waals surface area contributed by atoms with E-state index in [9.17, 15) is 4.79 Å². The molecule has 0 atom stereocenters. The van der Waals surface area contributed by atoms with Crippen LogP contribution in [0.1, 0.15) is 35.2 Å². The fourth-order valence-corrected chi connectivity index (χ4v) is 5.03. The second-order valence-corrected chi connectivity index (χ2v) is 8.98. The molecule has 7 nitrogen and oxygen atoms in total. The molecule has 7 heteroatoms. The number of rotatable bonds is 3. The average Bonchev–Trinajstić information content (AvgIpc) is 3.39. The Morgan fingerprint density at radius 3 is 2.74 bits per heavy atom. The zero-order valence-electron chi connectivity index (χ0n) is 17.7. The van der Waals surface area contributed by atoms with Crippen molar-refractivity contribution in [3.05, 3.63) is 47.5 Å². The van der Waals surface area contributed by atoms with Gasteiger partial charge in [0.15, 0.2) is 5.58 Å². The van der Waals surface area contributed by atoms with Crippen LogP contribution < -0.4 is 15.0 Å². The first kappa shape index (κ1) is 18.7. The van der Waals surface area contributed by atoms with Crippen LogP contribution in [0.15, 0.2) is 40.8 Å². The molecule has 0 aliphatic carbocycles. The van der Waals surface area contributed by atoms with Crippen LogP contribution in [0.25, 0.3) is 11.1 Å².